The van der Waals surface area contributed by atoms with E-state index in [1.807, 2.05) is 6.07 Å². The number of hydrogen-bond acceptors (Lipinski definition) is 2. The molecule has 3 nitrogen and oxygen atoms in total. The molecule has 1 amide bonds. The summed E-state index contributed by atoms with van der Waals surface area (Å²) in [5, 5.41) is 8.48. The molecule has 0 radical (unpaired) electrons. The Morgan fingerprint density at radius 1 is 1.62 bits per heavy atom. The summed E-state index contributed by atoms with van der Waals surface area (Å²) in [6.07, 6.45) is 0.200. The van der Waals surface area contributed by atoms with E-state index in [4.69, 9.17) is 11.0 Å². The molecular weight excluding hydrogens is 232 g/mol. The second-order valence-corrected chi connectivity index (χ2v) is 3.42. The van der Waals surface area contributed by atoms with Gasteiger partial charge >= 0.3 is 0 Å². The average Bonchev–Trinajstić information content (AvgIpc) is 2.08. The van der Waals surface area contributed by atoms with E-state index >= 15 is 0 Å². The third kappa shape index (κ3) is 2.30. The molecule has 0 fully saturated rings. The van der Waals surface area contributed by atoms with Gasteiger partial charge in [-0.05, 0) is 17.7 Å². The maximum atomic E-state index is 10.9. The molecule has 0 unspecified atom stereocenters. The average molecular weight is 239 g/mol. The van der Waals surface area contributed by atoms with E-state index in [-0.39, 0.29) is 6.42 Å². The number of nitrogens with zero attached hydrogens (tertiary/aromatic N) is 1. The van der Waals surface area contributed by atoms with E-state index < -0.39 is 5.91 Å². The molecule has 0 saturated heterocycles. The van der Waals surface area contributed by atoms with Gasteiger partial charge in [-0.25, -0.2) is 0 Å². The fourth-order valence-corrected chi connectivity index (χ4v) is 1.38. The standard InChI is InChI=1S/C9H7BrN2O/c10-7-2-1-6(3-4-11)8(5-7)9(12)13/h1-2,5H,3H2,(H2,12,13). The first kappa shape index (κ1) is 9.75. The highest BCUT2D eigenvalue weighted by atomic mass is 79.9. The molecule has 66 valence electrons. The van der Waals surface area contributed by atoms with Gasteiger partial charge in [0.05, 0.1) is 12.5 Å². The van der Waals surface area contributed by atoms with Crippen LogP contribution in [-0.4, -0.2) is 5.91 Å². The zero-order valence-corrected chi connectivity index (χ0v) is 8.34. The van der Waals surface area contributed by atoms with E-state index in [2.05, 4.69) is 15.9 Å². The van der Waals surface area contributed by atoms with E-state index in [1.54, 1.807) is 18.2 Å². The van der Waals surface area contributed by atoms with Crippen molar-refractivity contribution in [3.63, 3.8) is 0 Å². The largest absolute Gasteiger partial charge is 0.366 e. The highest BCUT2D eigenvalue weighted by molar-refractivity contribution is 9.10. The third-order valence-corrected chi connectivity index (χ3v) is 2.10. The second kappa shape index (κ2) is 4.06. The van der Waals surface area contributed by atoms with Crippen LogP contribution in [0.15, 0.2) is 22.7 Å². The minimum atomic E-state index is -0.508. The van der Waals surface area contributed by atoms with Gasteiger partial charge in [0.25, 0.3) is 0 Å². The zero-order chi connectivity index (χ0) is 9.84. The Balaban J connectivity index is 3.20. The van der Waals surface area contributed by atoms with Crippen LogP contribution in [0.5, 0.6) is 0 Å². The molecule has 0 atom stereocenters. The molecule has 0 aliphatic rings. The molecule has 13 heavy (non-hydrogen) atoms. The summed E-state index contributed by atoms with van der Waals surface area (Å²) in [5.41, 5.74) is 6.21. The van der Waals surface area contributed by atoms with Crippen LogP contribution in [0.4, 0.5) is 0 Å². The maximum absolute atomic E-state index is 10.9. The first-order valence-electron chi connectivity index (χ1n) is 3.60. The van der Waals surface area contributed by atoms with Crippen molar-refractivity contribution in [1.82, 2.24) is 0 Å². The molecule has 1 aromatic carbocycles. The minimum absolute atomic E-state index is 0.200. The highest BCUT2D eigenvalue weighted by Crippen LogP contribution is 2.16. The van der Waals surface area contributed by atoms with Crippen LogP contribution in [0, 0.1) is 11.3 Å². The lowest BCUT2D eigenvalue weighted by molar-refractivity contribution is 0.0999. The quantitative estimate of drug-likeness (QED) is 0.851. The van der Waals surface area contributed by atoms with Crippen LogP contribution < -0.4 is 5.73 Å². The van der Waals surface area contributed by atoms with Crippen molar-refractivity contribution < 1.29 is 4.79 Å². The lowest BCUT2D eigenvalue weighted by Crippen LogP contribution is -2.13. The van der Waals surface area contributed by atoms with Crippen LogP contribution in [0.3, 0.4) is 0 Å². The number of amides is 1. The van der Waals surface area contributed by atoms with Crippen molar-refractivity contribution in [2.75, 3.05) is 0 Å². The molecule has 4 heteroatoms. The van der Waals surface area contributed by atoms with Crippen LogP contribution >= 0.6 is 15.9 Å². The summed E-state index contributed by atoms with van der Waals surface area (Å²) in [7, 11) is 0. The molecule has 0 bridgehead atoms. The van der Waals surface area contributed by atoms with Crippen LogP contribution in [0.1, 0.15) is 15.9 Å². The number of rotatable bonds is 2. The summed E-state index contributed by atoms with van der Waals surface area (Å²) < 4.78 is 0.781. The molecule has 0 saturated carbocycles. The SMILES string of the molecule is N#CCc1ccc(Br)cc1C(N)=O. The van der Waals surface area contributed by atoms with Gasteiger partial charge in [0.15, 0.2) is 0 Å². The Labute approximate surface area is 84.3 Å². The van der Waals surface area contributed by atoms with Crippen molar-refractivity contribution in [2.24, 2.45) is 5.73 Å². The van der Waals surface area contributed by atoms with Gasteiger partial charge in [-0.2, -0.15) is 5.26 Å². The number of carbonyl (C=O) groups is 1. The van der Waals surface area contributed by atoms with Gasteiger partial charge in [-0.1, -0.05) is 22.0 Å². The monoisotopic (exact) mass is 238 g/mol. The van der Waals surface area contributed by atoms with Crippen molar-refractivity contribution in [2.45, 2.75) is 6.42 Å². The lowest BCUT2D eigenvalue weighted by Gasteiger charge is -2.02. The van der Waals surface area contributed by atoms with Crippen molar-refractivity contribution >= 4 is 21.8 Å². The van der Waals surface area contributed by atoms with Crippen molar-refractivity contribution in [3.8, 4) is 6.07 Å². The van der Waals surface area contributed by atoms with Gasteiger partial charge < -0.3 is 5.73 Å². The topological polar surface area (TPSA) is 66.9 Å². The summed E-state index contributed by atoms with van der Waals surface area (Å²) in [5.74, 6) is -0.508. The summed E-state index contributed by atoms with van der Waals surface area (Å²) in [4.78, 5) is 10.9. The summed E-state index contributed by atoms with van der Waals surface area (Å²) in [6.45, 7) is 0. The van der Waals surface area contributed by atoms with E-state index in [0.29, 0.717) is 11.1 Å². The number of primary amides is 1. The Bertz CT molecular complexity index is 382. The fraction of sp³-hybridized carbons (Fsp3) is 0.111. The van der Waals surface area contributed by atoms with E-state index in [1.165, 1.54) is 0 Å². The number of halogens is 1. The number of benzene rings is 1. The van der Waals surface area contributed by atoms with Crippen molar-refractivity contribution in [3.05, 3.63) is 33.8 Å². The lowest BCUT2D eigenvalue weighted by atomic mass is 10.1. The van der Waals surface area contributed by atoms with Gasteiger partial charge in [0, 0.05) is 10.0 Å². The zero-order valence-electron chi connectivity index (χ0n) is 6.75. The molecule has 0 aliphatic heterocycles. The number of hydrogen-bond donors (Lipinski definition) is 1. The summed E-state index contributed by atoms with van der Waals surface area (Å²) >= 11 is 3.23. The predicted octanol–water partition coefficient (Wildman–Crippen LogP) is 1.61. The Kier molecular flexibility index (Phi) is 3.04. The van der Waals surface area contributed by atoms with Gasteiger partial charge in [-0.3, -0.25) is 4.79 Å². The fourth-order valence-electron chi connectivity index (χ4n) is 1.02. The molecule has 0 spiro atoms. The number of nitriles is 1. The minimum Gasteiger partial charge on any atom is -0.366 e. The number of carbonyl (C=O) groups excluding carboxylic acids is 1. The predicted molar refractivity (Wildman–Crippen MR) is 52.0 cm³/mol. The Morgan fingerprint density at radius 3 is 2.85 bits per heavy atom. The molecule has 0 heterocycles. The normalized spacial score (nSPS) is 9.23. The van der Waals surface area contributed by atoms with E-state index in [9.17, 15) is 4.79 Å². The van der Waals surface area contributed by atoms with Gasteiger partial charge in [0.2, 0.25) is 5.91 Å². The van der Waals surface area contributed by atoms with Crippen molar-refractivity contribution in [1.29, 1.82) is 5.26 Å². The summed E-state index contributed by atoms with van der Waals surface area (Å²) in [6, 6.07) is 7.09. The highest BCUT2D eigenvalue weighted by Gasteiger charge is 2.07. The molecule has 0 aromatic heterocycles. The van der Waals surface area contributed by atoms with Crippen LogP contribution in [-0.2, 0) is 6.42 Å². The second-order valence-electron chi connectivity index (χ2n) is 2.50. The molecule has 2 N–H and O–H groups in total. The smallest absolute Gasteiger partial charge is 0.249 e. The Hall–Kier alpha value is -1.34. The maximum Gasteiger partial charge on any atom is 0.249 e. The third-order valence-electron chi connectivity index (χ3n) is 1.61. The Morgan fingerprint density at radius 2 is 2.31 bits per heavy atom. The molecule has 0 aliphatic carbocycles. The van der Waals surface area contributed by atoms with Crippen LogP contribution in [0.2, 0.25) is 0 Å². The van der Waals surface area contributed by atoms with Crippen LogP contribution in [0.25, 0.3) is 0 Å². The van der Waals surface area contributed by atoms with E-state index in [0.717, 1.165) is 4.47 Å². The van der Waals surface area contributed by atoms with Gasteiger partial charge in [-0.15, -0.1) is 0 Å². The molecule has 1 rings (SSSR count). The first-order valence-corrected chi connectivity index (χ1v) is 4.39. The first-order chi connectivity index (χ1) is 6.15. The van der Waals surface area contributed by atoms with Gasteiger partial charge in [0.1, 0.15) is 0 Å². The molecule has 1 aromatic rings. The number of nitrogens with two attached hydrogens (primary N) is 1. The molecular formula is C9H7BrN2O.